The number of para-hydroxylation sites is 1. The summed E-state index contributed by atoms with van der Waals surface area (Å²) in [6.07, 6.45) is 1.37. The number of carbonyl (C=O) groups excluding carboxylic acids is 2. The molecule has 4 rings (SSSR count). The Bertz CT molecular complexity index is 1320. The highest BCUT2D eigenvalue weighted by Gasteiger charge is 2.28. The number of ether oxygens (including phenoxy) is 1. The van der Waals surface area contributed by atoms with E-state index in [-0.39, 0.29) is 30.3 Å². The van der Waals surface area contributed by atoms with E-state index in [1.165, 1.54) is 0 Å². The molecular formula is C35H38N2O3. The quantitative estimate of drug-likeness (QED) is 0.131. The number of nitrogens with one attached hydrogen (secondary N) is 2. The van der Waals surface area contributed by atoms with Crippen LogP contribution in [0.25, 0.3) is 11.1 Å². The second-order valence-corrected chi connectivity index (χ2v) is 9.90. The molecule has 0 aliphatic heterocycles. The summed E-state index contributed by atoms with van der Waals surface area (Å²) in [5.41, 5.74) is 4.52. The second kappa shape index (κ2) is 14.8. The Labute approximate surface area is 237 Å². The van der Waals surface area contributed by atoms with E-state index in [1.807, 2.05) is 103 Å². The lowest BCUT2D eigenvalue weighted by Gasteiger charge is -2.28. The first kappa shape index (κ1) is 28.8. The van der Waals surface area contributed by atoms with Crippen molar-refractivity contribution in [3.63, 3.8) is 0 Å². The van der Waals surface area contributed by atoms with Crippen molar-refractivity contribution in [1.29, 1.82) is 0 Å². The molecule has 40 heavy (non-hydrogen) atoms. The Morgan fingerprint density at radius 3 is 1.85 bits per heavy atom. The van der Waals surface area contributed by atoms with Crippen LogP contribution in [0.1, 0.15) is 48.7 Å². The van der Waals surface area contributed by atoms with E-state index in [2.05, 4.69) is 36.6 Å². The topological polar surface area (TPSA) is 67.4 Å². The van der Waals surface area contributed by atoms with Crippen LogP contribution in [0.4, 0.5) is 5.69 Å². The van der Waals surface area contributed by atoms with Crippen LogP contribution in [0.15, 0.2) is 115 Å². The van der Waals surface area contributed by atoms with Gasteiger partial charge in [0, 0.05) is 17.8 Å². The molecule has 4 aromatic rings. The monoisotopic (exact) mass is 534 g/mol. The van der Waals surface area contributed by atoms with Gasteiger partial charge < -0.3 is 15.4 Å². The minimum atomic E-state index is -0.648. The van der Waals surface area contributed by atoms with Crippen LogP contribution in [0.2, 0.25) is 0 Å². The van der Waals surface area contributed by atoms with Gasteiger partial charge in [-0.25, -0.2) is 4.79 Å². The number of anilines is 1. The molecule has 0 saturated heterocycles. The fraction of sp³-hybridized carbons (Fsp3) is 0.257. The highest BCUT2D eigenvalue weighted by Crippen LogP contribution is 2.24. The normalized spacial score (nSPS) is 12.5. The molecule has 0 aromatic heterocycles. The maximum absolute atomic E-state index is 13.6. The van der Waals surface area contributed by atoms with E-state index in [1.54, 1.807) is 0 Å². The predicted molar refractivity (Wildman–Crippen MR) is 162 cm³/mol. The van der Waals surface area contributed by atoms with E-state index >= 15 is 0 Å². The lowest BCUT2D eigenvalue weighted by Crippen LogP contribution is -2.40. The van der Waals surface area contributed by atoms with Gasteiger partial charge in [-0.15, -0.1) is 0 Å². The van der Waals surface area contributed by atoms with Crippen LogP contribution in [0, 0.1) is 5.92 Å². The summed E-state index contributed by atoms with van der Waals surface area (Å²) in [6.45, 7) is 4.78. The molecule has 0 bridgehead atoms. The lowest BCUT2D eigenvalue weighted by atomic mass is 9.96. The van der Waals surface area contributed by atoms with Gasteiger partial charge in [0.05, 0.1) is 6.54 Å². The van der Waals surface area contributed by atoms with Crippen molar-refractivity contribution in [2.75, 3.05) is 18.4 Å². The molecule has 0 amide bonds. The van der Waals surface area contributed by atoms with Gasteiger partial charge >= 0.3 is 5.97 Å². The molecule has 0 fully saturated rings. The maximum Gasteiger partial charge on any atom is 0.333 e. The largest absolute Gasteiger partial charge is 0.459 e. The molecule has 2 atom stereocenters. The maximum atomic E-state index is 13.6. The van der Waals surface area contributed by atoms with Crippen LogP contribution in [0.3, 0.4) is 0 Å². The van der Waals surface area contributed by atoms with Crippen LogP contribution in [0.5, 0.6) is 0 Å². The summed E-state index contributed by atoms with van der Waals surface area (Å²) >= 11 is 0. The van der Waals surface area contributed by atoms with Gasteiger partial charge in [0.15, 0.2) is 11.8 Å². The van der Waals surface area contributed by atoms with Crippen molar-refractivity contribution in [3.05, 3.63) is 126 Å². The standard InChI is InChI=1S/C35H38N2O3/c1-3-26(4-2)33(25-36-24-32(38)29-22-20-28(21-23-29)27-14-8-5-9-15-27)40-35(39)34(30-16-10-6-11-17-30)37-31-18-12-7-13-19-31/h5-23,26,33-34,36-37H,3-4,24-25H2,1-2H3/t33-,34+/m0/s1. The van der Waals surface area contributed by atoms with E-state index in [0.717, 1.165) is 35.2 Å². The highest BCUT2D eigenvalue weighted by molar-refractivity contribution is 5.98. The first-order valence-corrected chi connectivity index (χ1v) is 14.1. The Hall–Kier alpha value is -4.22. The zero-order chi connectivity index (χ0) is 28.2. The predicted octanol–water partition coefficient (Wildman–Crippen LogP) is 7.33. The van der Waals surface area contributed by atoms with Crippen molar-refractivity contribution in [3.8, 4) is 11.1 Å². The minimum Gasteiger partial charge on any atom is -0.459 e. The number of hydrogen-bond donors (Lipinski definition) is 2. The molecule has 4 aromatic carbocycles. The van der Waals surface area contributed by atoms with Crippen LogP contribution < -0.4 is 10.6 Å². The SMILES string of the molecule is CCC(CC)[C@H](CNCC(=O)c1ccc(-c2ccccc2)cc1)OC(=O)[C@H](Nc1ccccc1)c1ccccc1. The smallest absolute Gasteiger partial charge is 0.333 e. The van der Waals surface area contributed by atoms with Gasteiger partial charge in [-0.3, -0.25) is 4.79 Å². The average Bonchev–Trinajstić information content (AvgIpc) is 3.01. The van der Waals surface area contributed by atoms with Gasteiger partial charge in [0.25, 0.3) is 0 Å². The summed E-state index contributed by atoms with van der Waals surface area (Å²) in [5, 5.41) is 6.60. The summed E-state index contributed by atoms with van der Waals surface area (Å²) < 4.78 is 6.16. The first-order valence-electron chi connectivity index (χ1n) is 14.1. The summed E-state index contributed by atoms with van der Waals surface area (Å²) in [7, 11) is 0. The van der Waals surface area contributed by atoms with Crippen molar-refractivity contribution in [1.82, 2.24) is 5.32 Å². The molecule has 0 unspecified atom stereocenters. The zero-order valence-electron chi connectivity index (χ0n) is 23.3. The third-order valence-electron chi connectivity index (χ3n) is 7.24. The van der Waals surface area contributed by atoms with Gasteiger partial charge in [-0.1, -0.05) is 117 Å². The molecule has 0 spiro atoms. The van der Waals surface area contributed by atoms with Gasteiger partial charge in [-0.05, 0) is 47.6 Å². The fourth-order valence-corrected chi connectivity index (χ4v) is 4.87. The van der Waals surface area contributed by atoms with Gasteiger partial charge in [0.1, 0.15) is 6.10 Å². The number of rotatable bonds is 14. The molecule has 0 aliphatic rings. The molecule has 206 valence electrons. The Balaban J connectivity index is 1.40. The fourth-order valence-electron chi connectivity index (χ4n) is 4.87. The highest BCUT2D eigenvalue weighted by atomic mass is 16.5. The van der Waals surface area contributed by atoms with E-state index < -0.39 is 6.04 Å². The number of Topliss-reactive ketones (excluding diaryl/α,β-unsaturated/α-hetero) is 1. The Kier molecular flexibility index (Phi) is 10.6. The minimum absolute atomic E-state index is 0.00198. The number of hydrogen-bond acceptors (Lipinski definition) is 5. The molecule has 0 aliphatic carbocycles. The van der Waals surface area contributed by atoms with Crippen molar-refractivity contribution >= 4 is 17.4 Å². The number of esters is 1. The summed E-state index contributed by atoms with van der Waals surface area (Å²) in [4.78, 5) is 26.5. The summed E-state index contributed by atoms with van der Waals surface area (Å²) in [6, 6.07) is 36.4. The molecular weight excluding hydrogens is 496 g/mol. The van der Waals surface area contributed by atoms with Crippen molar-refractivity contribution in [2.45, 2.75) is 38.8 Å². The second-order valence-electron chi connectivity index (χ2n) is 9.90. The molecule has 0 heterocycles. The van der Waals surface area contributed by atoms with Crippen molar-refractivity contribution < 1.29 is 14.3 Å². The van der Waals surface area contributed by atoms with E-state index in [9.17, 15) is 9.59 Å². The zero-order valence-corrected chi connectivity index (χ0v) is 23.3. The number of carbonyl (C=O) groups is 2. The first-order chi connectivity index (χ1) is 19.6. The third-order valence-corrected chi connectivity index (χ3v) is 7.24. The van der Waals surface area contributed by atoms with Crippen LogP contribution in [-0.4, -0.2) is 30.9 Å². The van der Waals surface area contributed by atoms with Gasteiger partial charge in [0.2, 0.25) is 0 Å². The van der Waals surface area contributed by atoms with Gasteiger partial charge in [-0.2, -0.15) is 0 Å². The van der Waals surface area contributed by atoms with E-state index in [4.69, 9.17) is 4.74 Å². The number of benzene rings is 4. The Morgan fingerprint density at radius 2 is 1.25 bits per heavy atom. The van der Waals surface area contributed by atoms with Crippen LogP contribution >= 0.6 is 0 Å². The molecule has 5 nitrogen and oxygen atoms in total. The van der Waals surface area contributed by atoms with E-state index in [0.29, 0.717) is 12.1 Å². The molecule has 5 heteroatoms. The molecule has 0 saturated carbocycles. The Morgan fingerprint density at radius 1 is 0.700 bits per heavy atom. The lowest BCUT2D eigenvalue weighted by molar-refractivity contribution is -0.153. The van der Waals surface area contributed by atoms with Crippen molar-refractivity contribution in [2.24, 2.45) is 5.92 Å². The van der Waals surface area contributed by atoms with Crippen LogP contribution in [-0.2, 0) is 9.53 Å². The molecule has 0 radical (unpaired) electrons. The third kappa shape index (κ3) is 7.90. The average molecular weight is 535 g/mol. The number of ketones is 1. The molecule has 2 N–H and O–H groups in total. The summed E-state index contributed by atoms with van der Waals surface area (Å²) in [5.74, 6) is -0.163.